The molecule has 0 bridgehead atoms. The van der Waals surface area contributed by atoms with Gasteiger partial charge in [-0.3, -0.25) is 10.2 Å². The fourth-order valence-corrected chi connectivity index (χ4v) is 2.56. The number of aromatic nitrogens is 1. The number of carbonyl (C=O) groups is 1. The van der Waals surface area contributed by atoms with E-state index >= 15 is 0 Å². The van der Waals surface area contributed by atoms with Gasteiger partial charge in [-0.2, -0.15) is 5.10 Å². The number of nitrogens with one attached hydrogen (secondary N) is 4. The summed E-state index contributed by atoms with van der Waals surface area (Å²) in [5.74, 6) is 0.274. The summed E-state index contributed by atoms with van der Waals surface area (Å²) in [4.78, 5) is 15.6. The number of hydrogen-bond acceptors (Lipinski definition) is 4. The van der Waals surface area contributed by atoms with Crippen LogP contribution in [0.25, 0.3) is 10.9 Å². The van der Waals surface area contributed by atoms with Crippen molar-refractivity contribution in [2.24, 2.45) is 10.8 Å². The maximum absolute atomic E-state index is 12.5. The molecule has 3 rings (SSSR count). The van der Waals surface area contributed by atoms with Gasteiger partial charge in [-0.1, -0.05) is 12.1 Å². The summed E-state index contributed by atoms with van der Waals surface area (Å²) in [5, 5.41) is 14.8. The van der Waals surface area contributed by atoms with E-state index in [1.807, 2.05) is 30.3 Å². The van der Waals surface area contributed by atoms with Crippen LogP contribution < -0.4 is 21.2 Å². The number of aromatic amines is 1. The molecule has 0 radical (unpaired) electrons. The zero-order valence-electron chi connectivity index (χ0n) is 15.0. The lowest BCUT2D eigenvalue weighted by molar-refractivity contribution is 0.102. The Labute approximate surface area is 155 Å². The second kappa shape index (κ2) is 7.61. The van der Waals surface area contributed by atoms with Crippen LogP contribution in [-0.2, 0) is 0 Å². The third-order valence-corrected chi connectivity index (χ3v) is 3.98. The van der Waals surface area contributed by atoms with E-state index in [9.17, 15) is 4.79 Å². The minimum absolute atomic E-state index is 0.228. The lowest BCUT2D eigenvalue weighted by Gasteiger charge is -2.06. The highest BCUT2D eigenvalue weighted by Crippen LogP contribution is 2.22. The number of H-pyrrole nitrogens is 1. The zero-order chi connectivity index (χ0) is 19.4. The monoisotopic (exact) mass is 364 g/mol. The van der Waals surface area contributed by atoms with Gasteiger partial charge in [0.1, 0.15) is 11.4 Å². The molecule has 0 saturated heterocycles. The standard InChI is InChI=1S/C19H20N6O2/c1-11(24-25-19(20)21)12-3-5-14(6-4-12)22-18(26)17-10-13-9-15(27-2)7-8-16(13)23-17/h3-10,23H,1-2H3,(H,22,26)(H4,20,21,25)/b24-11+. The van der Waals surface area contributed by atoms with Crippen molar-refractivity contribution in [1.82, 2.24) is 10.4 Å². The van der Waals surface area contributed by atoms with Gasteiger partial charge < -0.3 is 20.8 Å². The topological polar surface area (TPSA) is 128 Å². The van der Waals surface area contributed by atoms with E-state index < -0.39 is 0 Å². The Morgan fingerprint density at radius 3 is 2.59 bits per heavy atom. The number of guanidine groups is 1. The predicted octanol–water partition coefficient (Wildman–Crippen LogP) is 2.64. The first-order chi connectivity index (χ1) is 13.0. The number of hydrogen-bond donors (Lipinski definition) is 5. The zero-order valence-corrected chi connectivity index (χ0v) is 15.0. The molecule has 1 aromatic heterocycles. The molecule has 3 aromatic rings. The van der Waals surface area contributed by atoms with Crippen molar-refractivity contribution in [3.63, 3.8) is 0 Å². The van der Waals surface area contributed by atoms with Crippen LogP contribution in [0.4, 0.5) is 5.69 Å². The molecular weight excluding hydrogens is 344 g/mol. The first-order valence-electron chi connectivity index (χ1n) is 8.19. The molecule has 0 unspecified atom stereocenters. The van der Waals surface area contributed by atoms with Crippen molar-refractivity contribution in [2.75, 3.05) is 12.4 Å². The van der Waals surface area contributed by atoms with Crippen LogP contribution in [0.15, 0.2) is 53.6 Å². The Hall–Kier alpha value is -3.81. The Balaban J connectivity index is 1.72. The summed E-state index contributed by atoms with van der Waals surface area (Å²) < 4.78 is 5.20. The van der Waals surface area contributed by atoms with Gasteiger partial charge in [0.05, 0.1) is 12.8 Å². The fraction of sp³-hybridized carbons (Fsp3) is 0.105. The van der Waals surface area contributed by atoms with E-state index in [-0.39, 0.29) is 11.9 Å². The van der Waals surface area contributed by atoms with Crippen LogP contribution >= 0.6 is 0 Å². The minimum Gasteiger partial charge on any atom is -0.497 e. The Morgan fingerprint density at radius 2 is 1.93 bits per heavy atom. The summed E-state index contributed by atoms with van der Waals surface area (Å²) in [6.07, 6.45) is 0. The van der Waals surface area contributed by atoms with E-state index in [4.69, 9.17) is 15.9 Å². The molecule has 0 saturated carbocycles. The number of anilines is 1. The Bertz CT molecular complexity index is 1020. The number of benzene rings is 2. The van der Waals surface area contributed by atoms with Gasteiger partial charge in [0.25, 0.3) is 5.91 Å². The van der Waals surface area contributed by atoms with Crippen molar-refractivity contribution in [2.45, 2.75) is 6.92 Å². The minimum atomic E-state index is -0.235. The van der Waals surface area contributed by atoms with E-state index in [0.29, 0.717) is 17.1 Å². The van der Waals surface area contributed by atoms with Crippen molar-refractivity contribution in [3.8, 4) is 5.75 Å². The maximum Gasteiger partial charge on any atom is 0.272 e. The number of nitrogens with zero attached hydrogens (tertiary/aromatic N) is 1. The predicted molar refractivity (Wildman–Crippen MR) is 107 cm³/mol. The van der Waals surface area contributed by atoms with Gasteiger partial charge in [0.15, 0.2) is 0 Å². The molecule has 8 heteroatoms. The summed E-state index contributed by atoms with van der Waals surface area (Å²) in [6.45, 7) is 1.79. The molecule has 1 heterocycles. The molecule has 2 aromatic carbocycles. The largest absolute Gasteiger partial charge is 0.497 e. The number of fused-ring (bicyclic) bond motifs is 1. The van der Waals surface area contributed by atoms with Gasteiger partial charge in [-0.15, -0.1) is 0 Å². The molecule has 1 amide bonds. The van der Waals surface area contributed by atoms with Gasteiger partial charge >= 0.3 is 0 Å². The molecular formula is C19H20N6O2. The molecule has 0 spiro atoms. The van der Waals surface area contributed by atoms with Crippen LogP contribution in [0.3, 0.4) is 0 Å². The Morgan fingerprint density at radius 1 is 1.19 bits per heavy atom. The number of carbonyl (C=O) groups excluding carboxylic acids is 1. The van der Waals surface area contributed by atoms with Crippen LogP contribution in [0, 0.1) is 5.41 Å². The fourth-order valence-electron chi connectivity index (χ4n) is 2.56. The second-order valence-electron chi connectivity index (χ2n) is 5.89. The van der Waals surface area contributed by atoms with E-state index in [2.05, 4.69) is 20.8 Å². The first-order valence-corrected chi connectivity index (χ1v) is 8.19. The lowest BCUT2D eigenvalue weighted by atomic mass is 10.1. The molecule has 0 aliphatic heterocycles. The van der Waals surface area contributed by atoms with Crippen molar-refractivity contribution < 1.29 is 9.53 Å². The summed E-state index contributed by atoms with van der Waals surface area (Å²) in [6, 6.07) is 14.6. The van der Waals surface area contributed by atoms with Gasteiger partial charge in [0.2, 0.25) is 5.96 Å². The maximum atomic E-state index is 12.5. The SMILES string of the molecule is COc1ccc2[nH]c(C(=O)Nc3ccc(/C(C)=N/NC(=N)N)cc3)cc2c1. The summed E-state index contributed by atoms with van der Waals surface area (Å²) in [5.41, 5.74) is 11.1. The van der Waals surface area contributed by atoms with Crippen molar-refractivity contribution >= 4 is 34.2 Å². The number of methoxy groups -OCH3 is 1. The molecule has 0 fully saturated rings. The third-order valence-electron chi connectivity index (χ3n) is 3.98. The van der Waals surface area contributed by atoms with Crippen molar-refractivity contribution in [3.05, 3.63) is 59.8 Å². The summed E-state index contributed by atoms with van der Waals surface area (Å²) in [7, 11) is 1.60. The van der Waals surface area contributed by atoms with Gasteiger partial charge in [-0.25, -0.2) is 5.43 Å². The van der Waals surface area contributed by atoms with E-state index in [0.717, 1.165) is 22.2 Å². The molecule has 0 aliphatic rings. The quantitative estimate of drug-likeness (QED) is 0.271. The number of rotatable bonds is 5. The number of nitrogens with two attached hydrogens (primary N) is 1. The highest BCUT2D eigenvalue weighted by Gasteiger charge is 2.10. The van der Waals surface area contributed by atoms with E-state index in [1.165, 1.54) is 0 Å². The van der Waals surface area contributed by atoms with Crippen LogP contribution in [0.1, 0.15) is 23.0 Å². The number of ether oxygens (including phenoxy) is 1. The smallest absolute Gasteiger partial charge is 0.272 e. The normalized spacial score (nSPS) is 11.3. The van der Waals surface area contributed by atoms with Crippen molar-refractivity contribution in [1.29, 1.82) is 5.41 Å². The van der Waals surface area contributed by atoms with Crippen LogP contribution in [0.5, 0.6) is 5.75 Å². The Kier molecular flexibility index (Phi) is 5.07. The second-order valence-corrected chi connectivity index (χ2v) is 5.89. The molecule has 8 nitrogen and oxygen atoms in total. The molecule has 0 atom stereocenters. The highest BCUT2D eigenvalue weighted by atomic mass is 16.5. The van der Waals surface area contributed by atoms with Gasteiger partial charge in [0, 0.05) is 16.6 Å². The third kappa shape index (κ3) is 4.24. The van der Waals surface area contributed by atoms with E-state index in [1.54, 1.807) is 32.2 Å². The average molecular weight is 364 g/mol. The van der Waals surface area contributed by atoms with Crippen LogP contribution in [0.2, 0.25) is 0 Å². The van der Waals surface area contributed by atoms with Crippen LogP contribution in [-0.4, -0.2) is 29.7 Å². The summed E-state index contributed by atoms with van der Waals surface area (Å²) >= 11 is 0. The molecule has 27 heavy (non-hydrogen) atoms. The lowest BCUT2D eigenvalue weighted by Crippen LogP contribution is -2.26. The number of amides is 1. The molecule has 0 aliphatic carbocycles. The average Bonchev–Trinajstić information content (AvgIpc) is 3.10. The molecule has 138 valence electrons. The molecule has 6 N–H and O–H groups in total. The van der Waals surface area contributed by atoms with Gasteiger partial charge in [-0.05, 0) is 48.9 Å². The number of hydrazone groups is 1. The first kappa shape index (κ1) is 18.0. The highest BCUT2D eigenvalue weighted by molar-refractivity contribution is 6.06.